The number of fused-ring (bicyclic) bond motifs is 1. The lowest BCUT2D eigenvalue weighted by molar-refractivity contribution is -0.137. The Morgan fingerprint density at radius 3 is 2.07 bits per heavy atom. The zero-order valence-electron chi connectivity index (χ0n) is 16.2. The topological polar surface area (TPSA) is 78.9 Å². The molecule has 0 saturated heterocycles. The summed E-state index contributed by atoms with van der Waals surface area (Å²) in [7, 11) is 0. The molecule has 1 aliphatic heterocycles. The highest BCUT2D eigenvalue weighted by atomic mass is 16.5. The fraction of sp³-hybridized carbons (Fsp3) is 0.174. The molecule has 2 aromatic carbocycles. The molecule has 6 heteroatoms. The number of carbonyl (C=O) groups excluding carboxylic acids is 3. The molecule has 0 bridgehead atoms. The molecule has 1 aliphatic rings. The maximum atomic E-state index is 12.5. The Morgan fingerprint density at radius 1 is 0.931 bits per heavy atom. The van der Waals surface area contributed by atoms with Crippen molar-refractivity contribution in [2.45, 2.75) is 26.2 Å². The summed E-state index contributed by atoms with van der Waals surface area (Å²) in [5.74, 6) is -0.929. The van der Waals surface area contributed by atoms with Crippen molar-refractivity contribution < 1.29 is 28.6 Å². The van der Waals surface area contributed by atoms with Crippen LogP contribution in [0.4, 0.5) is 0 Å². The molecular formula is C23H20O6. The zero-order valence-corrected chi connectivity index (χ0v) is 16.2. The van der Waals surface area contributed by atoms with Gasteiger partial charge < -0.3 is 14.2 Å². The van der Waals surface area contributed by atoms with Gasteiger partial charge in [-0.2, -0.15) is 0 Å². The molecule has 0 amide bonds. The second-order valence-electron chi connectivity index (χ2n) is 6.86. The van der Waals surface area contributed by atoms with Crippen LogP contribution in [0.3, 0.4) is 0 Å². The summed E-state index contributed by atoms with van der Waals surface area (Å²) in [5, 5.41) is 0. The van der Waals surface area contributed by atoms with Gasteiger partial charge in [-0.05, 0) is 49.6 Å². The molecule has 148 valence electrons. The predicted molar refractivity (Wildman–Crippen MR) is 106 cm³/mol. The van der Waals surface area contributed by atoms with Crippen LogP contribution in [0.2, 0.25) is 0 Å². The monoisotopic (exact) mass is 392 g/mol. The van der Waals surface area contributed by atoms with E-state index in [1.807, 2.05) is 0 Å². The minimum Gasteiger partial charge on any atom is -0.426 e. The molecule has 1 atom stereocenters. The van der Waals surface area contributed by atoms with E-state index in [2.05, 4.69) is 13.2 Å². The summed E-state index contributed by atoms with van der Waals surface area (Å²) in [5.41, 5.74) is 2.14. The van der Waals surface area contributed by atoms with Crippen LogP contribution < -0.4 is 14.2 Å². The van der Waals surface area contributed by atoms with Crippen molar-refractivity contribution in [1.82, 2.24) is 0 Å². The van der Waals surface area contributed by atoms with Gasteiger partial charge in [0.15, 0.2) is 0 Å². The van der Waals surface area contributed by atoms with E-state index >= 15 is 0 Å². The third-order valence-corrected chi connectivity index (χ3v) is 4.36. The van der Waals surface area contributed by atoms with Gasteiger partial charge in [0, 0.05) is 17.2 Å². The molecular weight excluding hydrogens is 372 g/mol. The third-order valence-electron chi connectivity index (χ3n) is 4.36. The van der Waals surface area contributed by atoms with Crippen molar-refractivity contribution in [3.8, 4) is 17.2 Å². The van der Waals surface area contributed by atoms with Crippen molar-refractivity contribution in [3.63, 3.8) is 0 Å². The molecule has 0 aliphatic carbocycles. The molecule has 0 aromatic heterocycles. The summed E-state index contributed by atoms with van der Waals surface area (Å²) in [4.78, 5) is 35.7. The van der Waals surface area contributed by atoms with Gasteiger partial charge in [-0.1, -0.05) is 31.4 Å². The standard InChI is InChI=1S/C23H20O6/c1-13(2)21(24)27-17-8-5-15(6-9-17)19-11-16-7-10-18(28-22(25)14(3)4)12-20(16)29-23(19)26/h5-10,12,19H,1,3,11H2,2,4H3. The van der Waals surface area contributed by atoms with E-state index < -0.39 is 23.8 Å². The molecule has 1 heterocycles. The highest BCUT2D eigenvalue weighted by Crippen LogP contribution is 2.36. The highest BCUT2D eigenvalue weighted by molar-refractivity contribution is 5.89. The SMILES string of the molecule is C=C(C)C(=O)Oc1ccc(C2Cc3ccc(OC(=O)C(=C)C)cc3OC2=O)cc1. The van der Waals surface area contributed by atoms with E-state index in [1.165, 1.54) is 6.07 Å². The Balaban J connectivity index is 1.75. The van der Waals surface area contributed by atoms with Crippen molar-refractivity contribution >= 4 is 17.9 Å². The fourth-order valence-corrected chi connectivity index (χ4v) is 2.76. The van der Waals surface area contributed by atoms with Gasteiger partial charge in [0.25, 0.3) is 0 Å². The second-order valence-corrected chi connectivity index (χ2v) is 6.86. The number of rotatable bonds is 5. The molecule has 3 rings (SSSR count). The number of carbonyl (C=O) groups is 3. The van der Waals surface area contributed by atoms with Crippen molar-refractivity contribution in [2.24, 2.45) is 0 Å². The van der Waals surface area contributed by atoms with E-state index in [1.54, 1.807) is 50.2 Å². The average molecular weight is 392 g/mol. The second kappa shape index (κ2) is 8.14. The number of hydrogen-bond donors (Lipinski definition) is 0. The Bertz CT molecular complexity index is 1020. The largest absolute Gasteiger partial charge is 0.426 e. The fourth-order valence-electron chi connectivity index (χ4n) is 2.76. The van der Waals surface area contributed by atoms with Gasteiger partial charge in [0.2, 0.25) is 0 Å². The minimum absolute atomic E-state index is 0.275. The van der Waals surface area contributed by atoms with Gasteiger partial charge in [0.05, 0.1) is 5.92 Å². The van der Waals surface area contributed by atoms with E-state index in [4.69, 9.17) is 14.2 Å². The van der Waals surface area contributed by atoms with Crippen LogP contribution in [-0.2, 0) is 20.8 Å². The molecule has 2 aromatic rings. The Morgan fingerprint density at radius 2 is 1.48 bits per heavy atom. The summed E-state index contributed by atoms with van der Waals surface area (Å²) in [6, 6.07) is 11.6. The Labute approximate surface area is 168 Å². The highest BCUT2D eigenvalue weighted by Gasteiger charge is 2.30. The summed E-state index contributed by atoms with van der Waals surface area (Å²) < 4.78 is 15.8. The van der Waals surface area contributed by atoms with Gasteiger partial charge in [-0.25, -0.2) is 9.59 Å². The molecule has 1 unspecified atom stereocenters. The predicted octanol–water partition coefficient (Wildman–Crippen LogP) is 3.89. The number of hydrogen-bond acceptors (Lipinski definition) is 6. The molecule has 0 fully saturated rings. The Kier molecular flexibility index (Phi) is 5.64. The van der Waals surface area contributed by atoms with E-state index in [0.29, 0.717) is 23.5 Å². The van der Waals surface area contributed by atoms with Crippen LogP contribution in [0.15, 0.2) is 66.8 Å². The van der Waals surface area contributed by atoms with E-state index in [0.717, 1.165) is 11.1 Å². The van der Waals surface area contributed by atoms with Crippen molar-refractivity contribution in [3.05, 3.63) is 77.9 Å². The summed E-state index contributed by atoms with van der Waals surface area (Å²) in [6.07, 6.45) is 0.438. The number of esters is 3. The number of ether oxygens (including phenoxy) is 3. The molecule has 6 nitrogen and oxygen atoms in total. The van der Waals surface area contributed by atoms with Crippen molar-refractivity contribution in [1.29, 1.82) is 0 Å². The van der Waals surface area contributed by atoms with E-state index in [9.17, 15) is 14.4 Å². The summed E-state index contributed by atoms with van der Waals surface area (Å²) >= 11 is 0. The maximum absolute atomic E-state index is 12.5. The zero-order chi connectivity index (χ0) is 21.1. The summed E-state index contributed by atoms with van der Waals surface area (Å²) in [6.45, 7) is 10.2. The van der Waals surface area contributed by atoms with Gasteiger partial charge >= 0.3 is 17.9 Å². The first-order chi connectivity index (χ1) is 13.7. The molecule has 29 heavy (non-hydrogen) atoms. The normalized spacial score (nSPS) is 15.0. The first kappa shape index (κ1) is 20.1. The molecule has 0 spiro atoms. The first-order valence-corrected chi connectivity index (χ1v) is 8.94. The van der Waals surface area contributed by atoms with Crippen LogP contribution in [0.1, 0.15) is 30.9 Å². The first-order valence-electron chi connectivity index (χ1n) is 8.94. The van der Waals surface area contributed by atoms with Crippen LogP contribution in [-0.4, -0.2) is 17.9 Å². The minimum atomic E-state index is -0.544. The quantitative estimate of drug-likeness (QED) is 0.436. The van der Waals surface area contributed by atoms with Crippen LogP contribution in [0, 0.1) is 0 Å². The maximum Gasteiger partial charge on any atom is 0.338 e. The third kappa shape index (κ3) is 4.60. The van der Waals surface area contributed by atoms with Crippen molar-refractivity contribution in [2.75, 3.05) is 0 Å². The van der Waals surface area contributed by atoms with Gasteiger partial charge in [-0.15, -0.1) is 0 Å². The Hall–Kier alpha value is -3.67. The lowest BCUT2D eigenvalue weighted by Gasteiger charge is -2.24. The average Bonchev–Trinajstić information content (AvgIpc) is 2.68. The smallest absolute Gasteiger partial charge is 0.338 e. The van der Waals surface area contributed by atoms with Gasteiger partial charge in [-0.3, -0.25) is 4.79 Å². The lowest BCUT2D eigenvalue weighted by Crippen LogP contribution is -2.26. The van der Waals surface area contributed by atoms with Crippen LogP contribution in [0.5, 0.6) is 17.2 Å². The molecule has 0 radical (unpaired) electrons. The molecule has 0 N–H and O–H groups in total. The van der Waals surface area contributed by atoms with Gasteiger partial charge in [0.1, 0.15) is 17.2 Å². The van der Waals surface area contributed by atoms with Crippen LogP contribution >= 0.6 is 0 Å². The molecule has 0 saturated carbocycles. The lowest BCUT2D eigenvalue weighted by atomic mass is 9.89. The van der Waals surface area contributed by atoms with Crippen LogP contribution in [0.25, 0.3) is 0 Å². The number of benzene rings is 2. The van der Waals surface area contributed by atoms with E-state index in [-0.39, 0.29) is 11.3 Å².